The fraction of sp³-hybridized carbons (Fsp3) is 0.0556. The van der Waals surface area contributed by atoms with Crippen molar-refractivity contribution in [1.29, 1.82) is 0 Å². The van der Waals surface area contributed by atoms with Crippen LogP contribution in [0.4, 0.5) is 0 Å². The lowest BCUT2D eigenvalue weighted by Crippen LogP contribution is -2.31. The van der Waals surface area contributed by atoms with Crippen molar-refractivity contribution in [3.8, 4) is 11.6 Å². The summed E-state index contributed by atoms with van der Waals surface area (Å²) < 4.78 is 0.945. The molecule has 3 aromatic rings. The van der Waals surface area contributed by atoms with E-state index in [1.54, 1.807) is 18.2 Å². The van der Waals surface area contributed by atoms with Crippen molar-refractivity contribution in [2.75, 3.05) is 0 Å². The number of hydrogen-bond donors (Lipinski definition) is 3. The molecule has 2 aromatic heterocycles. The number of nitrogens with one attached hydrogen (secondary N) is 2. The van der Waals surface area contributed by atoms with Gasteiger partial charge < -0.3 is 5.11 Å². The summed E-state index contributed by atoms with van der Waals surface area (Å²) in [5.74, 6) is -1.10. The van der Waals surface area contributed by atoms with Gasteiger partial charge in [0.05, 0.1) is 11.9 Å². The fourth-order valence-corrected chi connectivity index (χ4v) is 2.38. The lowest BCUT2D eigenvalue weighted by atomic mass is 10.2. The van der Waals surface area contributed by atoms with E-state index in [1.807, 2.05) is 13.0 Å². The number of hydrazone groups is 1. The van der Waals surface area contributed by atoms with Crippen molar-refractivity contribution < 1.29 is 9.90 Å². The minimum atomic E-state index is -0.830. The molecular weight excluding hydrogens is 350 g/mol. The Hall–Kier alpha value is -4.01. The molecule has 9 nitrogen and oxygen atoms in total. The predicted molar refractivity (Wildman–Crippen MR) is 98.4 cm³/mol. The van der Waals surface area contributed by atoms with Crippen LogP contribution in [0.3, 0.4) is 0 Å². The number of benzene rings is 1. The molecule has 1 aromatic carbocycles. The van der Waals surface area contributed by atoms with Crippen molar-refractivity contribution in [2.45, 2.75) is 6.92 Å². The van der Waals surface area contributed by atoms with Crippen LogP contribution in [0, 0.1) is 6.92 Å². The Bertz CT molecular complexity index is 1130. The van der Waals surface area contributed by atoms with Gasteiger partial charge in [-0.25, -0.2) is 14.8 Å². The third-order valence-electron chi connectivity index (χ3n) is 3.68. The fourth-order valence-electron chi connectivity index (χ4n) is 2.38. The summed E-state index contributed by atoms with van der Waals surface area (Å²) in [4.78, 5) is 42.0. The molecule has 0 saturated carbocycles. The molecule has 0 bridgehead atoms. The molecule has 136 valence electrons. The molecule has 0 atom stereocenters. The molecule has 0 aliphatic rings. The van der Waals surface area contributed by atoms with Crippen LogP contribution in [0.1, 0.15) is 21.5 Å². The van der Waals surface area contributed by atoms with Crippen LogP contribution in [0.25, 0.3) is 5.69 Å². The average Bonchev–Trinajstić information content (AvgIpc) is 2.65. The van der Waals surface area contributed by atoms with Gasteiger partial charge in [-0.1, -0.05) is 12.1 Å². The molecule has 0 aliphatic heterocycles. The van der Waals surface area contributed by atoms with Crippen LogP contribution in [0.2, 0.25) is 0 Å². The Labute approximate surface area is 152 Å². The minimum Gasteiger partial charge on any atom is -0.493 e. The van der Waals surface area contributed by atoms with Crippen molar-refractivity contribution in [3.63, 3.8) is 0 Å². The van der Waals surface area contributed by atoms with E-state index in [2.05, 4.69) is 20.5 Å². The van der Waals surface area contributed by atoms with Gasteiger partial charge in [0.2, 0.25) is 5.88 Å². The Morgan fingerprint density at radius 1 is 1.26 bits per heavy atom. The predicted octanol–water partition coefficient (Wildman–Crippen LogP) is 0.699. The maximum atomic E-state index is 12.1. The number of H-pyrrole nitrogens is 1. The van der Waals surface area contributed by atoms with Gasteiger partial charge >= 0.3 is 5.69 Å². The molecule has 9 heteroatoms. The first-order valence-corrected chi connectivity index (χ1v) is 7.86. The second kappa shape index (κ2) is 7.48. The normalized spacial score (nSPS) is 10.9. The molecule has 1 amide bonds. The number of amides is 1. The highest BCUT2D eigenvalue weighted by molar-refractivity contribution is 5.94. The van der Waals surface area contributed by atoms with E-state index in [4.69, 9.17) is 0 Å². The third-order valence-corrected chi connectivity index (χ3v) is 3.68. The van der Waals surface area contributed by atoms with Gasteiger partial charge in [-0.15, -0.1) is 0 Å². The lowest BCUT2D eigenvalue weighted by Gasteiger charge is -2.10. The molecule has 3 N–H and O–H groups in total. The Morgan fingerprint density at radius 3 is 2.70 bits per heavy atom. The zero-order chi connectivity index (χ0) is 19.4. The van der Waals surface area contributed by atoms with E-state index in [0.29, 0.717) is 11.3 Å². The van der Waals surface area contributed by atoms with E-state index < -0.39 is 23.0 Å². The summed E-state index contributed by atoms with van der Waals surface area (Å²) in [5, 5.41) is 14.1. The van der Waals surface area contributed by atoms with E-state index in [-0.39, 0.29) is 5.56 Å². The van der Waals surface area contributed by atoms with Crippen molar-refractivity contribution in [1.82, 2.24) is 20.0 Å². The number of aromatic amines is 1. The molecule has 0 fully saturated rings. The van der Waals surface area contributed by atoms with Crippen LogP contribution in [0.15, 0.2) is 63.5 Å². The molecule has 0 aliphatic carbocycles. The Balaban J connectivity index is 1.94. The van der Waals surface area contributed by atoms with E-state index in [1.165, 1.54) is 24.5 Å². The van der Waals surface area contributed by atoms with Crippen LogP contribution < -0.4 is 16.7 Å². The number of hydrogen-bond acceptors (Lipinski definition) is 6. The zero-order valence-electron chi connectivity index (χ0n) is 14.2. The summed E-state index contributed by atoms with van der Waals surface area (Å²) in [7, 11) is 0. The van der Waals surface area contributed by atoms with Gasteiger partial charge in [0.15, 0.2) is 0 Å². The second-order valence-corrected chi connectivity index (χ2v) is 5.61. The number of aryl methyl sites for hydroxylation is 1. The van der Waals surface area contributed by atoms with Crippen LogP contribution >= 0.6 is 0 Å². The highest BCUT2D eigenvalue weighted by atomic mass is 16.3. The van der Waals surface area contributed by atoms with Gasteiger partial charge in [-0.2, -0.15) is 5.10 Å². The number of aromatic hydroxyl groups is 1. The molecule has 0 unspecified atom stereocenters. The molecule has 0 spiro atoms. The number of nitrogens with zero attached hydrogens (tertiary/aromatic N) is 3. The van der Waals surface area contributed by atoms with Crippen molar-refractivity contribution in [2.24, 2.45) is 5.10 Å². The number of carbonyl (C=O) groups is 1. The molecular formula is C18H15N5O4. The van der Waals surface area contributed by atoms with Gasteiger partial charge in [0.1, 0.15) is 5.56 Å². The Morgan fingerprint density at radius 2 is 2.00 bits per heavy atom. The van der Waals surface area contributed by atoms with E-state index >= 15 is 0 Å². The topological polar surface area (TPSA) is 129 Å². The summed E-state index contributed by atoms with van der Waals surface area (Å²) in [6.07, 6.45) is 3.87. The third kappa shape index (κ3) is 3.82. The first kappa shape index (κ1) is 17.8. The first-order chi connectivity index (χ1) is 13.0. The maximum absolute atomic E-state index is 12.1. The van der Waals surface area contributed by atoms with Crippen LogP contribution in [0.5, 0.6) is 5.88 Å². The lowest BCUT2D eigenvalue weighted by molar-refractivity contribution is 0.0955. The van der Waals surface area contributed by atoms with Crippen LogP contribution in [-0.4, -0.2) is 31.8 Å². The summed E-state index contributed by atoms with van der Waals surface area (Å²) in [6, 6.07) is 9.81. The van der Waals surface area contributed by atoms with Gasteiger partial charge in [-0.3, -0.25) is 19.6 Å². The summed E-state index contributed by atoms with van der Waals surface area (Å²) >= 11 is 0. The maximum Gasteiger partial charge on any atom is 0.335 e. The standard InChI is InChI=1S/C18H15N5O4/c1-11-3-2-4-13(9-11)23-17(26)14(16(25)21-18(23)27)10-20-22-15(24)12-5-7-19-8-6-12/h2-10,26H,1H3,(H,22,24)(H,21,25,27)/b20-10-. The average molecular weight is 365 g/mol. The quantitative estimate of drug-likeness (QED) is 0.463. The molecule has 27 heavy (non-hydrogen) atoms. The molecule has 2 heterocycles. The number of pyridine rings is 1. The SMILES string of the molecule is Cc1cccc(-n2c(O)c(/C=N\NC(=O)c3ccncc3)c(=O)[nH]c2=O)c1. The first-order valence-electron chi connectivity index (χ1n) is 7.86. The highest BCUT2D eigenvalue weighted by Crippen LogP contribution is 2.16. The smallest absolute Gasteiger partial charge is 0.335 e. The number of rotatable bonds is 4. The van der Waals surface area contributed by atoms with Gasteiger partial charge in [-0.05, 0) is 36.8 Å². The zero-order valence-corrected chi connectivity index (χ0v) is 14.2. The van der Waals surface area contributed by atoms with Gasteiger partial charge in [0.25, 0.3) is 11.5 Å². The summed E-state index contributed by atoms with van der Waals surface area (Å²) in [6.45, 7) is 1.83. The molecule has 3 rings (SSSR count). The van der Waals surface area contributed by atoms with E-state index in [0.717, 1.165) is 16.3 Å². The van der Waals surface area contributed by atoms with E-state index in [9.17, 15) is 19.5 Å². The van der Waals surface area contributed by atoms with Crippen molar-refractivity contribution >= 4 is 12.1 Å². The number of aromatic nitrogens is 3. The van der Waals surface area contributed by atoms with Gasteiger partial charge in [0, 0.05) is 18.0 Å². The highest BCUT2D eigenvalue weighted by Gasteiger charge is 2.14. The minimum absolute atomic E-state index is 0.272. The van der Waals surface area contributed by atoms with Crippen LogP contribution in [-0.2, 0) is 0 Å². The largest absolute Gasteiger partial charge is 0.493 e. The Kier molecular flexibility index (Phi) is 4.93. The number of carbonyl (C=O) groups excluding carboxylic acids is 1. The second-order valence-electron chi connectivity index (χ2n) is 5.61. The molecule has 0 saturated heterocycles. The summed E-state index contributed by atoms with van der Waals surface area (Å²) in [5.41, 5.74) is 1.91. The van der Waals surface area contributed by atoms with Crippen molar-refractivity contribution in [3.05, 3.63) is 86.3 Å². The monoisotopic (exact) mass is 365 g/mol. The molecule has 0 radical (unpaired) electrons.